The van der Waals surface area contributed by atoms with Crippen LogP contribution in [-0.2, 0) is 6.59 Å². The normalized spacial score (nSPS) is 10.3. The minimum absolute atomic E-state index is 0. The van der Waals surface area contributed by atoms with E-state index in [0.29, 0.717) is 0 Å². The molecule has 0 aromatic carbocycles. The number of rotatable bonds is 1. The Morgan fingerprint density at radius 2 is 1.71 bits per heavy atom. The van der Waals surface area contributed by atoms with Gasteiger partial charge in [-0.3, -0.25) is 0 Å². The molecule has 7 heteroatoms. The van der Waals surface area contributed by atoms with E-state index in [9.17, 15) is 4.57 Å². The predicted molar refractivity (Wildman–Crippen MR) is 18.2 cm³/mol. The summed E-state index contributed by atoms with van der Waals surface area (Å²) in [5.41, 5.74) is 0. The molecule has 0 aliphatic heterocycles. The first kappa shape index (κ1) is 11.0. The van der Waals surface area contributed by atoms with Crippen LogP contribution in [0, 0.1) is 29.9 Å². The summed E-state index contributed by atoms with van der Waals surface area (Å²) in [5.74, 6) is 0. The Bertz CT molecular complexity index is 75.8. The molecule has 0 bridgehead atoms. The molecular weight excluding hydrogens is 347 g/mol. The van der Waals surface area contributed by atoms with E-state index in [1.54, 1.807) is 0 Å². The van der Waals surface area contributed by atoms with Gasteiger partial charge in [0.05, 0.1) is 0 Å². The second-order valence-electron chi connectivity index (χ2n) is 0.582. The van der Waals surface area contributed by atoms with Gasteiger partial charge in [0.15, 0.2) is 0 Å². The number of phosphoric acid groups is 1. The molecule has 0 atom stereocenters. The van der Waals surface area contributed by atoms with Crippen LogP contribution in [0.1, 0.15) is 0 Å². The first-order valence-corrected chi connectivity index (χ1v) is 4.20. The van der Waals surface area contributed by atoms with E-state index in [1.165, 1.54) is 0 Å². The Morgan fingerprint density at radius 3 is 1.71 bits per heavy atom. The Labute approximate surface area is 60.3 Å². The summed E-state index contributed by atoms with van der Waals surface area (Å²) in [4.78, 5) is 15.5. The maximum absolute atomic E-state index is 9.51. The van der Waals surface area contributed by atoms with Gasteiger partial charge in [-0.2, -0.15) is 0 Å². The second kappa shape index (κ2) is 4.05. The topological polar surface area (TPSA) is 102 Å². The quantitative estimate of drug-likeness (QED) is 0.564. The third-order valence-electron chi connectivity index (χ3n) is 0.119. The van der Waals surface area contributed by atoms with E-state index in [0.717, 1.165) is 0 Å². The summed E-state index contributed by atoms with van der Waals surface area (Å²) < 4.78 is 13.3. The fraction of sp³-hybridized carbons (Fsp3) is 0. The molecule has 5 nitrogen and oxygen atoms in total. The number of hydrogen-bond acceptors (Lipinski definition) is 3. The Hall–Kier alpha value is 1.12. The summed E-state index contributed by atoms with van der Waals surface area (Å²) in [7, 11) is -4.07. The van der Waals surface area contributed by atoms with Crippen LogP contribution in [0.4, 0.5) is 0 Å². The molecule has 0 heterocycles. The van der Waals surface area contributed by atoms with Crippen LogP contribution in [0.3, 0.4) is 0 Å². The fourth-order valence-electron chi connectivity index (χ4n) is 0. The first-order chi connectivity index (χ1) is 2.56. The van der Waals surface area contributed by atoms with Crippen molar-refractivity contribution in [1.82, 2.24) is 6.15 Å². The van der Waals surface area contributed by atoms with Crippen molar-refractivity contribution in [2.75, 3.05) is 0 Å². The molecule has 0 spiro atoms. The van der Waals surface area contributed by atoms with Gasteiger partial charge in [0, 0.05) is 0 Å². The van der Waals surface area contributed by atoms with Crippen LogP contribution in [0.5, 0.6) is 0 Å². The maximum atomic E-state index is 9.51. The summed E-state index contributed by atoms with van der Waals surface area (Å²) in [6.07, 6.45) is 0. The van der Waals surface area contributed by atoms with Gasteiger partial charge >= 0.3 is 54.1 Å². The zero-order valence-corrected chi connectivity index (χ0v) is 8.42. The molecule has 0 unspecified atom stereocenters. The van der Waals surface area contributed by atoms with Crippen molar-refractivity contribution < 1.29 is 46.3 Å². The Morgan fingerprint density at radius 1 is 1.57 bits per heavy atom. The molecule has 0 aromatic heterocycles. The third kappa shape index (κ3) is 11.0. The van der Waals surface area contributed by atoms with E-state index in [2.05, 4.69) is 2.03 Å². The molecule has 5 N–H and O–H groups in total. The van der Waals surface area contributed by atoms with Gasteiger partial charge in [0.1, 0.15) is 0 Å². The SMILES string of the molecule is N.O=P(O)(O)[O][U]. The van der Waals surface area contributed by atoms with Crippen LogP contribution in [-0.4, -0.2) is 9.79 Å². The molecule has 43 valence electrons. The molecule has 0 aliphatic rings. The molecule has 7 heavy (non-hydrogen) atoms. The second-order valence-corrected chi connectivity index (χ2v) is 4.03. The Kier molecular flexibility index (Phi) is 6.35. The van der Waals surface area contributed by atoms with E-state index in [1.807, 2.05) is 0 Å². The summed E-state index contributed by atoms with van der Waals surface area (Å²) in [6, 6.07) is 0. The average molecular weight is 352 g/mol. The monoisotopic (exact) mass is 352 g/mol. The van der Waals surface area contributed by atoms with Crippen LogP contribution in [0.15, 0.2) is 0 Å². The third-order valence-corrected chi connectivity index (χ3v) is 3.33. The van der Waals surface area contributed by atoms with Gasteiger partial charge in [-0.25, -0.2) is 0 Å². The van der Waals surface area contributed by atoms with Gasteiger partial charge in [-0.15, -0.1) is 0 Å². The van der Waals surface area contributed by atoms with Gasteiger partial charge in [0.2, 0.25) is 0 Å². The number of hydrogen-bond donors (Lipinski definition) is 3. The standard InChI is InChI=1S/H3N.H3O4P.U/c;1-5(2,3)4;/h1H3;(H3,1,2,3,4);/q;;+1/p-1. The van der Waals surface area contributed by atoms with Crippen LogP contribution < -0.4 is 6.15 Å². The van der Waals surface area contributed by atoms with Crippen molar-refractivity contribution in [2.24, 2.45) is 0 Å². The molecule has 0 saturated heterocycles. The molecular formula is H5NO4PU. The molecule has 0 aromatic rings. The molecule has 0 radical (unpaired) electrons. The van der Waals surface area contributed by atoms with Crippen LogP contribution >= 0.6 is 7.82 Å². The molecule has 0 amide bonds. The first-order valence-electron chi connectivity index (χ1n) is 0.969. The van der Waals surface area contributed by atoms with Crippen LogP contribution in [0.2, 0.25) is 0 Å². The van der Waals surface area contributed by atoms with Gasteiger partial charge in [0.25, 0.3) is 0 Å². The van der Waals surface area contributed by atoms with Crippen LogP contribution in [0.25, 0.3) is 0 Å². The Balaban J connectivity index is 0. The van der Waals surface area contributed by atoms with E-state index >= 15 is 0 Å². The summed E-state index contributed by atoms with van der Waals surface area (Å²) in [6.45, 7) is 0. The van der Waals surface area contributed by atoms with Crippen molar-refractivity contribution in [2.45, 2.75) is 0 Å². The molecule has 0 fully saturated rings. The van der Waals surface area contributed by atoms with Crippen molar-refractivity contribution in [3.8, 4) is 0 Å². The van der Waals surface area contributed by atoms with Crippen molar-refractivity contribution in [3.63, 3.8) is 0 Å². The van der Waals surface area contributed by atoms with E-state index in [4.69, 9.17) is 9.79 Å². The average Bonchev–Trinajstić information content (AvgIpc) is 1.35. The van der Waals surface area contributed by atoms with Gasteiger partial charge in [-0.05, 0) is 0 Å². The fourth-order valence-corrected chi connectivity index (χ4v) is 0. The molecule has 0 saturated carbocycles. The summed E-state index contributed by atoms with van der Waals surface area (Å²) >= 11 is -0.0977. The minimum atomic E-state index is -4.07. The van der Waals surface area contributed by atoms with E-state index in [-0.39, 0.29) is 36.1 Å². The zero-order chi connectivity index (χ0) is 5.21. The zero-order valence-electron chi connectivity index (χ0n) is 3.37. The van der Waals surface area contributed by atoms with E-state index < -0.39 is 7.82 Å². The van der Waals surface area contributed by atoms with Gasteiger partial charge in [-0.1, -0.05) is 0 Å². The molecule has 0 rings (SSSR count). The molecule has 0 aliphatic carbocycles. The summed E-state index contributed by atoms with van der Waals surface area (Å²) in [5, 5.41) is 0. The van der Waals surface area contributed by atoms with Crippen molar-refractivity contribution in [3.05, 3.63) is 0 Å². The van der Waals surface area contributed by atoms with Crippen molar-refractivity contribution >= 4 is 7.82 Å². The predicted octanol–water partition coefficient (Wildman–Crippen LogP) is -0.278. The van der Waals surface area contributed by atoms with Crippen molar-refractivity contribution in [1.29, 1.82) is 0 Å². The van der Waals surface area contributed by atoms with Gasteiger partial charge < -0.3 is 6.15 Å².